The molecule has 1 aliphatic rings. The minimum Gasteiger partial charge on any atom is -0.481 e. The third-order valence-electron chi connectivity index (χ3n) is 5.02. The highest BCUT2D eigenvalue weighted by molar-refractivity contribution is 5.73. The van der Waals surface area contributed by atoms with E-state index in [0.717, 1.165) is 16.9 Å². The van der Waals surface area contributed by atoms with Crippen molar-refractivity contribution in [3.63, 3.8) is 0 Å². The maximum atomic E-state index is 12.5. The van der Waals surface area contributed by atoms with Gasteiger partial charge in [0.15, 0.2) is 0 Å². The van der Waals surface area contributed by atoms with Gasteiger partial charge in [0.25, 0.3) is 0 Å². The van der Waals surface area contributed by atoms with Crippen LogP contribution in [0.25, 0.3) is 0 Å². The molecule has 1 fully saturated rings. The molecular formula is C21H29N5O4. The summed E-state index contributed by atoms with van der Waals surface area (Å²) >= 11 is 0. The first-order valence-electron chi connectivity index (χ1n) is 10.0. The summed E-state index contributed by atoms with van der Waals surface area (Å²) in [6, 6.07) is 7.66. The van der Waals surface area contributed by atoms with E-state index >= 15 is 0 Å². The Balaban J connectivity index is 1.75. The molecule has 1 amide bonds. The van der Waals surface area contributed by atoms with Gasteiger partial charge in [0.2, 0.25) is 0 Å². The van der Waals surface area contributed by atoms with Crippen molar-refractivity contribution >= 4 is 17.7 Å². The van der Waals surface area contributed by atoms with Crippen molar-refractivity contribution in [1.29, 1.82) is 0 Å². The molecule has 3 rings (SSSR count). The SMILES string of the molecule is Cn1cc(CNc2cccc(C3CN(C(=O)OC(C)(C)C)CCC3C(=O)O)c2)nn1. The number of hydrogen-bond acceptors (Lipinski definition) is 6. The highest BCUT2D eigenvalue weighted by Gasteiger charge is 2.38. The van der Waals surface area contributed by atoms with Gasteiger partial charge in [0, 0.05) is 37.9 Å². The molecule has 0 aliphatic carbocycles. The first kappa shape index (κ1) is 21.6. The maximum absolute atomic E-state index is 12.5. The molecular weight excluding hydrogens is 386 g/mol. The number of anilines is 1. The molecule has 2 heterocycles. The molecule has 2 atom stereocenters. The number of piperidine rings is 1. The smallest absolute Gasteiger partial charge is 0.410 e. The number of aryl methyl sites for hydroxylation is 1. The summed E-state index contributed by atoms with van der Waals surface area (Å²) in [6.07, 6.45) is 1.81. The summed E-state index contributed by atoms with van der Waals surface area (Å²) in [7, 11) is 1.81. The second-order valence-corrected chi connectivity index (χ2v) is 8.63. The number of carbonyl (C=O) groups excluding carboxylic acids is 1. The first-order valence-corrected chi connectivity index (χ1v) is 10.0. The molecule has 30 heavy (non-hydrogen) atoms. The Labute approximate surface area is 176 Å². The number of aromatic nitrogens is 3. The normalized spacial score (nSPS) is 19.4. The van der Waals surface area contributed by atoms with E-state index in [4.69, 9.17) is 4.74 Å². The third kappa shape index (κ3) is 5.49. The number of nitrogens with zero attached hydrogens (tertiary/aromatic N) is 4. The number of hydrogen-bond donors (Lipinski definition) is 2. The molecule has 1 aliphatic heterocycles. The lowest BCUT2D eigenvalue weighted by atomic mass is 9.80. The van der Waals surface area contributed by atoms with E-state index in [0.29, 0.717) is 26.1 Å². The predicted octanol–water partition coefficient (Wildman–Crippen LogP) is 2.85. The zero-order valence-electron chi connectivity index (χ0n) is 17.8. The average Bonchev–Trinajstić information content (AvgIpc) is 3.10. The fourth-order valence-electron chi connectivity index (χ4n) is 3.63. The Morgan fingerprint density at radius 2 is 2.10 bits per heavy atom. The van der Waals surface area contributed by atoms with Crippen LogP contribution in [0.5, 0.6) is 0 Å². The van der Waals surface area contributed by atoms with Crippen LogP contribution in [0.2, 0.25) is 0 Å². The number of carboxylic acid groups (broad SMARTS) is 1. The number of aliphatic carboxylic acids is 1. The first-order chi connectivity index (χ1) is 14.1. The van der Waals surface area contributed by atoms with Crippen LogP contribution in [-0.2, 0) is 23.1 Å². The molecule has 1 aromatic carbocycles. The van der Waals surface area contributed by atoms with Crippen LogP contribution >= 0.6 is 0 Å². The number of ether oxygens (including phenoxy) is 1. The van der Waals surface area contributed by atoms with Gasteiger partial charge in [-0.2, -0.15) is 0 Å². The lowest BCUT2D eigenvalue weighted by Gasteiger charge is -2.37. The van der Waals surface area contributed by atoms with Crippen LogP contribution < -0.4 is 5.32 Å². The second-order valence-electron chi connectivity index (χ2n) is 8.63. The zero-order valence-corrected chi connectivity index (χ0v) is 17.8. The Bertz CT molecular complexity index is 905. The standard InChI is InChI=1S/C21H29N5O4/c1-21(2,3)30-20(29)26-9-8-17(19(27)28)18(13-26)14-6-5-7-15(10-14)22-11-16-12-25(4)24-23-16/h5-7,10,12,17-18,22H,8-9,11,13H2,1-4H3,(H,27,28). The Morgan fingerprint density at radius 1 is 1.33 bits per heavy atom. The fourth-order valence-corrected chi connectivity index (χ4v) is 3.63. The van der Waals surface area contributed by atoms with Crippen molar-refractivity contribution < 1.29 is 19.4 Å². The molecule has 9 heteroatoms. The molecule has 1 aromatic heterocycles. The fraction of sp³-hybridized carbons (Fsp3) is 0.524. The van der Waals surface area contributed by atoms with Gasteiger partial charge in [-0.1, -0.05) is 17.3 Å². The number of nitrogens with one attached hydrogen (secondary N) is 1. The Hall–Kier alpha value is -3.10. The molecule has 1 saturated heterocycles. The summed E-state index contributed by atoms with van der Waals surface area (Å²) in [5.74, 6) is -1.72. The van der Waals surface area contributed by atoms with Crippen LogP contribution in [-0.4, -0.2) is 55.8 Å². The minimum absolute atomic E-state index is 0.305. The Morgan fingerprint density at radius 3 is 2.73 bits per heavy atom. The molecule has 0 spiro atoms. The molecule has 2 unspecified atom stereocenters. The molecule has 2 aromatic rings. The molecule has 0 radical (unpaired) electrons. The van der Waals surface area contributed by atoms with Crippen molar-refractivity contribution in [2.24, 2.45) is 13.0 Å². The van der Waals surface area contributed by atoms with Crippen molar-refractivity contribution in [3.8, 4) is 0 Å². The summed E-state index contributed by atoms with van der Waals surface area (Å²) in [6.45, 7) is 6.64. The average molecular weight is 415 g/mol. The van der Waals surface area contributed by atoms with Crippen molar-refractivity contribution in [2.45, 2.75) is 45.3 Å². The Kier molecular flexibility index (Phi) is 6.28. The second kappa shape index (κ2) is 8.73. The maximum Gasteiger partial charge on any atom is 0.410 e. The van der Waals surface area contributed by atoms with E-state index in [9.17, 15) is 14.7 Å². The minimum atomic E-state index is -0.846. The molecule has 2 N–H and O–H groups in total. The van der Waals surface area contributed by atoms with Crippen LogP contribution in [0.15, 0.2) is 30.5 Å². The van der Waals surface area contributed by atoms with Crippen molar-refractivity contribution in [3.05, 3.63) is 41.7 Å². The van der Waals surface area contributed by atoms with E-state index in [-0.39, 0.29) is 5.92 Å². The largest absolute Gasteiger partial charge is 0.481 e. The third-order valence-corrected chi connectivity index (χ3v) is 5.02. The number of rotatable bonds is 5. The summed E-state index contributed by atoms with van der Waals surface area (Å²) in [5.41, 5.74) is 1.94. The molecule has 162 valence electrons. The monoisotopic (exact) mass is 415 g/mol. The van der Waals surface area contributed by atoms with Crippen LogP contribution in [0.3, 0.4) is 0 Å². The van der Waals surface area contributed by atoms with E-state index in [1.54, 1.807) is 9.58 Å². The number of amides is 1. The van der Waals surface area contributed by atoms with Gasteiger partial charge in [0.1, 0.15) is 11.3 Å². The summed E-state index contributed by atoms with van der Waals surface area (Å²) < 4.78 is 7.12. The number of likely N-dealkylation sites (tertiary alicyclic amines) is 1. The molecule has 0 saturated carbocycles. The summed E-state index contributed by atoms with van der Waals surface area (Å²) in [4.78, 5) is 26.0. The van der Waals surface area contributed by atoms with E-state index in [1.807, 2.05) is 58.3 Å². The van der Waals surface area contributed by atoms with Crippen LogP contribution in [0.4, 0.5) is 10.5 Å². The van der Waals surface area contributed by atoms with Gasteiger partial charge in [-0.25, -0.2) is 4.79 Å². The van der Waals surface area contributed by atoms with Gasteiger partial charge in [-0.15, -0.1) is 5.10 Å². The predicted molar refractivity (Wildman–Crippen MR) is 111 cm³/mol. The van der Waals surface area contributed by atoms with E-state index in [2.05, 4.69) is 15.6 Å². The van der Waals surface area contributed by atoms with Gasteiger partial charge >= 0.3 is 12.1 Å². The van der Waals surface area contributed by atoms with Crippen molar-refractivity contribution in [1.82, 2.24) is 19.9 Å². The van der Waals surface area contributed by atoms with Gasteiger partial charge in [0.05, 0.1) is 12.5 Å². The topological polar surface area (TPSA) is 110 Å². The lowest BCUT2D eigenvalue weighted by molar-refractivity contribution is -0.144. The zero-order chi connectivity index (χ0) is 21.9. The molecule has 9 nitrogen and oxygen atoms in total. The van der Waals surface area contributed by atoms with Gasteiger partial charge < -0.3 is 20.1 Å². The van der Waals surface area contributed by atoms with E-state index in [1.165, 1.54) is 0 Å². The quantitative estimate of drug-likeness (QED) is 0.773. The van der Waals surface area contributed by atoms with E-state index < -0.39 is 23.6 Å². The van der Waals surface area contributed by atoms with Crippen LogP contribution in [0, 0.1) is 5.92 Å². The lowest BCUT2D eigenvalue weighted by Crippen LogP contribution is -2.46. The van der Waals surface area contributed by atoms with Gasteiger partial charge in [-0.3, -0.25) is 9.48 Å². The number of benzene rings is 1. The highest BCUT2D eigenvalue weighted by atomic mass is 16.6. The highest BCUT2D eigenvalue weighted by Crippen LogP contribution is 2.34. The number of carboxylic acids is 1. The number of carbonyl (C=O) groups is 2. The molecule has 0 bridgehead atoms. The van der Waals surface area contributed by atoms with Gasteiger partial charge in [-0.05, 0) is 44.9 Å². The van der Waals surface area contributed by atoms with Crippen LogP contribution in [0.1, 0.15) is 44.4 Å². The van der Waals surface area contributed by atoms with Crippen molar-refractivity contribution in [2.75, 3.05) is 18.4 Å². The summed E-state index contributed by atoms with van der Waals surface area (Å²) in [5, 5.41) is 21.0.